The van der Waals surface area contributed by atoms with Crippen molar-refractivity contribution in [2.45, 2.75) is 30.7 Å². The minimum Gasteiger partial charge on any atom is -0.341 e. The van der Waals surface area contributed by atoms with Gasteiger partial charge in [0, 0.05) is 32.1 Å². The highest BCUT2D eigenvalue weighted by atomic mass is 32.2. The first-order valence-electron chi connectivity index (χ1n) is 9.06. The SMILES string of the molecule is Cc1ccc(N(CCC(=O)N2CC[C@@H](N)C2)S(=O)(=O)c2ccccc2)cc1. The minimum atomic E-state index is -3.76. The third kappa shape index (κ3) is 4.48. The lowest BCUT2D eigenvalue weighted by molar-refractivity contribution is -0.129. The van der Waals surface area contributed by atoms with Gasteiger partial charge < -0.3 is 10.6 Å². The van der Waals surface area contributed by atoms with Crippen molar-refractivity contribution in [1.29, 1.82) is 0 Å². The fourth-order valence-electron chi connectivity index (χ4n) is 3.19. The summed E-state index contributed by atoms with van der Waals surface area (Å²) in [6.45, 7) is 3.20. The number of hydrogen-bond acceptors (Lipinski definition) is 4. The van der Waals surface area contributed by atoms with Gasteiger partial charge >= 0.3 is 0 Å². The largest absolute Gasteiger partial charge is 0.341 e. The second-order valence-corrected chi connectivity index (χ2v) is 8.73. The number of carbonyl (C=O) groups is 1. The summed E-state index contributed by atoms with van der Waals surface area (Å²) < 4.78 is 27.7. The maximum atomic E-state index is 13.2. The average molecular weight is 388 g/mol. The van der Waals surface area contributed by atoms with Crippen LogP contribution in [0, 0.1) is 6.92 Å². The molecule has 0 radical (unpaired) electrons. The van der Waals surface area contributed by atoms with E-state index in [2.05, 4.69) is 0 Å². The summed E-state index contributed by atoms with van der Waals surface area (Å²) in [7, 11) is -3.76. The number of anilines is 1. The molecule has 3 rings (SSSR count). The highest BCUT2D eigenvalue weighted by Gasteiger charge is 2.28. The summed E-state index contributed by atoms with van der Waals surface area (Å²) in [6, 6.07) is 15.6. The number of aryl methyl sites for hydroxylation is 1. The molecule has 0 aliphatic carbocycles. The zero-order valence-corrected chi connectivity index (χ0v) is 16.2. The van der Waals surface area contributed by atoms with Gasteiger partial charge in [0.25, 0.3) is 10.0 Å². The highest BCUT2D eigenvalue weighted by Crippen LogP contribution is 2.24. The predicted octanol–water partition coefficient (Wildman–Crippen LogP) is 2.14. The van der Waals surface area contributed by atoms with E-state index >= 15 is 0 Å². The molecule has 1 aliphatic heterocycles. The third-order valence-corrected chi connectivity index (χ3v) is 6.60. The molecule has 1 fully saturated rings. The molecule has 27 heavy (non-hydrogen) atoms. The Morgan fingerprint density at radius 3 is 2.41 bits per heavy atom. The lowest BCUT2D eigenvalue weighted by Gasteiger charge is -2.25. The fraction of sp³-hybridized carbons (Fsp3) is 0.350. The maximum absolute atomic E-state index is 13.2. The van der Waals surface area contributed by atoms with E-state index in [1.807, 2.05) is 19.1 Å². The number of amides is 1. The second kappa shape index (κ2) is 8.10. The molecule has 1 amide bonds. The summed E-state index contributed by atoms with van der Waals surface area (Å²) in [5.74, 6) is -0.0664. The van der Waals surface area contributed by atoms with Crippen LogP contribution in [0.1, 0.15) is 18.4 Å². The van der Waals surface area contributed by atoms with Gasteiger partial charge in [-0.05, 0) is 37.6 Å². The molecule has 1 heterocycles. The van der Waals surface area contributed by atoms with Crippen molar-refractivity contribution in [3.8, 4) is 0 Å². The van der Waals surface area contributed by atoms with Gasteiger partial charge in [0.05, 0.1) is 10.6 Å². The van der Waals surface area contributed by atoms with E-state index in [4.69, 9.17) is 5.73 Å². The number of carbonyl (C=O) groups excluding carboxylic acids is 1. The Hall–Kier alpha value is -2.38. The first-order valence-corrected chi connectivity index (χ1v) is 10.5. The molecule has 144 valence electrons. The quantitative estimate of drug-likeness (QED) is 0.823. The Kier molecular flexibility index (Phi) is 5.82. The standard InChI is InChI=1S/C20H25N3O3S/c1-16-7-9-18(10-8-16)23(27(25,26)19-5-3-2-4-6-19)14-12-20(24)22-13-11-17(21)15-22/h2-10,17H,11-15,21H2,1H3/t17-/m1/s1. The second-order valence-electron chi connectivity index (χ2n) is 6.86. The molecular formula is C20H25N3O3S. The van der Waals surface area contributed by atoms with Gasteiger partial charge in [-0.1, -0.05) is 35.9 Å². The van der Waals surface area contributed by atoms with Crippen LogP contribution in [0.15, 0.2) is 59.5 Å². The number of nitrogens with two attached hydrogens (primary N) is 1. The van der Waals surface area contributed by atoms with Crippen LogP contribution in [0.3, 0.4) is 0 Å². The molecule has 1 saturated heterocycles. The molecule has 7 heteroatoms. The molecule has 6 nitrogen and oxygen atoms in total. The molecule has 1 atom stereocenters. The van der Waals surface area contributed by atoms with Gasteiger partial charge in [0.1, 0.15) is 0 Å². The van der Waals surface area contributed by atoms with Gasteiger partial charge in [0.2, 0.25) is 5.91 Å². The third-order valence-electron chi connectivity index (χ3n) is 4.76. The first-order chi connectivity index (χ1) is 12.9. The van der Waals surface area contributed by atoms with Crippen LogP contribution in [0.4, 0.5) is 5.69 Å². The zero-order chi connectivity index (χ0) is 19.4. The number of hydrogen-bond donors (Lipinski definition) is 1. The highest BCUT2D eigenvalue weighted by molar-refractivity contribution is 7.92. The number of rotatable bonds is 6. The Labute approximate surface area is 160 Å². The summed E-state index contributed by atoms with van der Waals surface area (Å²) in [5.41, 5.74) is 7.46. The van der Waals surface area contributed by atoms with E-state index in [1.54, 1.807) is 47.4 Å². The van der Waals surface area contributed by atoms with E-state index in [9.17, 15) is 13.2 Å². The topological polar surface area (TPSA) is 83.7 Å². The molecule has 0 saturated carbocycles. The van der Waals surface area contributed by atoms with Crippen molar-refractivity contribution < 1.29 is 13.2 Å². The minimum absolute atomic E-state index is 0.00945. The predicted molar refractivity (Wildman–Crippen MR) is 106 cm³/mol. The molecule has 1 aliphatic rings. The lowest BCUT2D eigenvalue weighted by Crippen LogP contribution is -2.37. The molecule has 2 aromatic rings. The molecule has 2 aromatic carbocycles. The van der Waals surface area contributed by atoms with E-state index < -0.39 is 10.0 Å². The Bertz CT molecular complexity index is 882. The van der Waals surface area contributed by atoms with E-state index in [-0.39, 0.29) is 29.8 Å². The van der Waals surface area contributed by atoms with Gasteiger partial charge in [-0.25, -0.2) is 8.42 Å². The van der Waals surface area contributed by atoms with Crippen molar-refractivity contribution in [3.63, 3.8) is 0 Å². The van der Waals surface area contributed by atoms with Crippen LogP contribution in [-0.4, -0.2) is 44.9 Å². The number of nitrogens with zero attached hydrogens (tertiary/aromatic N) is 2. The maximum Gasteiger partial charge on any atom is 0.264 e. The number of benzene rings is 2. The van der Waals surface area contributed by atoms with Gasteiger partial charge in [-0.3, -0.25) is 9.10 Å². The van der Waals surface area contributed by atoms with Crippen LogP contribution >= 0.6 is 0 Å². The molecule has 2 N–H and O–H groups in total. The van der Waals surface area contributed by atoms with Crippen molar-refractivity contribution >= 4 is 21.6 Å². The van der Waals surface area contributed by atoms with Gasteiger partial charge in [-0.15, -0.1) is 0 Å². The number of sulfonamides is 1. The van der Waals surface area contributed by atoms with E-state index in [0.29, 0.717) is 18.8 Å². The smallest absolute Gasteiger partial charge is 0.264 e. The first kappa shape index (κ1) is 19.4. The fourth-order valence-corrected chi connectivity index (χ4v) is 4.67. The van der Waals surface area contributed by atoms with Crippen LogP contribution < -0.4 is 10.0 Å². The Balaban J connectivity index is 1.84. The number of likely N-dealkylation sites (tertiary alicyclic amines) is 1. The Morgan fingerprint density at radius 2 is 1.81 bits per heavy atom. The molecule has 0 bridgehead atoms. The normalized spacial score (nSPS) is 17.1. The molecule has 0 aromatic heterocycles. The van der Waals surface area contributed by atoms with Crippen LogP contribution in [-0.2, 0) is 14.8 Å². The molecule has 0 unspecified atom stereocenters. The summed E-state index contributed by atoms with van der Waals surface area (Å²) in [6.07, 6.45) is 0.905. The van der Waals surface area contributed by atoms with Crippen molar-refractivity contribution in [2.75, 3.05) is 23.9 Å². The van der Waals surface area contributed by atoms with Crippen LogP contribution in [0.2, 0.25) is 0 Å². The van der Waals surface area contributed by atoms with Crippen molar-refractivity contribution in [2.24, 2.45) is 5.73 Å². The zero-order valence-electron chi connectivity index (χ0n) is 15.4. The van der Waals surface area contributed by atoms with E-state index in [1.165, 1.54) is 4.31 Å². The summed E-state index contributed by atoms with van der Waals surface area (Å²) in [4.78, 5) is 14.4. The molecule has 0 spiro atoms. The van der Waals surface area contributed by atoms with Crippen molar-refractivity contribution in [1.82, 2.24) is 4.90 Å². The molecular weight excluding hydrogens is 362 g/mol. The van der Waals surface area contributed by atoms with E-state index in [0.717, 1.165) is 12.0 Å². The van der Waals surface area contributed by atoms with Crippen molar-refractivity contribution in [3.05, 3.63) is 60.2 Å². The Morgan fingerprint density at radius 1 is 1.15 bits per heavy atom. The monoisotopic (exact) mass is 387 g/mol. The average Bonchev–Trinajstić information content (AvgIpc) is 3.10. The lowest BCUT2D eigenvalue weighted by atomic mass is 10.2. The van der Waals surface area contributed by atoms with Crippen LogP contribution in [0.5, 0.6) is 0 Å². The summed E-state index contributed by atoms with van der Waals surface area (Å²) >= 11 is 0. The van der Waals surface area contributed by atoms with Gasteiger partial charge in [-0.2, -0.15) is 0 Å². The van der Waals surface area contributed by atoms with Crippen LogP contribution in [0.25, 0.3) is 0 Å². The van der Waals surface area contributed by atoms with Gasteiger partial charge in [0.15, 0.2) is 0 Å². The summed E-state index contributed by atoms with van der Waals surface area (Å²) in [5, 5.41) is 0.